The molecule has 39 heavy (non-hydrogen) atoms. The Morgan fingerprint density at radius 1 is 0.872 bits per heavy atom. The minimum atomic E-state index is -0.104. The highest BCUT2D eigenvalue weighted by Crippen LogP contribution is 2.64. The number of benzene rings is 2. The maximum absolute atomic E-state index is 12.4. The molecule has 5 heteroatoms. The number of rotatable bonds is 2. The van der Waals surface area contributed by atoms with Crippen LogP contribution in [0.1, 0.15) is 57.1 Å². The lowest BCUT2D eigenvalue weighted by atomic mass is 9.48. The van der Waals surface area contributed by atoms with E-state index >= 15 is 0 Å². The second-order valence-electron chi connectivity index (χ2n) is 11.9. The zero-order valence-corrected chi connectivity index (χ0v) is 22.6. The van der Waals surface area contributed by atoms with Gasteiger partial charge in [-0.1, -0.05) is 56.4 Å². The molecule has 0 aliphatic heterocycles. The van der Waals surface area contributed by atoms with Crippen molar-refractivity contribution in [1.29, 1.82) is 0 Å². The van der Waals surface area contributed by atoms with Gasteiger partial charge in [0.1, 0.15) is 23.0 Å². The van der Waals surface area contributed by atoms with Crippen LogP contribution in [0, 0.1) is 28.6 Å². The van der Waals surface area contributed by atoms with Crippen LogP contribution in [0.15, 0.2) is 78.4 Å². The summed E-state index contributed by atoms with van der Waals surface area (Å²) in [6.07, 6.45) is 14.1. The zero-order chi connectivity index (χ0) is 27.9. The fraction of sp³-hybridized carbons (Fsp3) is 0.353. The van der Waals surface area contributed by atoms with Gasteiger partial charge in [-0.15, -0.1) is 0 Å². The molecule has 0 radical (unpaired) electrons. The van der Waals surface area contributed by atoms with E-state index in [1.807, 2.05) is 6.08 Å². The van der Waals surface area contributed by atoms with Crippen molar-refractivity contribution in [3.8, 4) is 17.2 Å². The van der Waals surface area contributed by atoms with Crippen molar-refractivity contribution in [2.45, 2.75) is 46.0 Å². The number of hydrogen-bond donors (Lipinski definition) is 3. The summed E-state index contributed by atoms with van der Waals surface area (Å²) >= 11 is 0. The van der Waals surface area contributed by atoms with E-state index < -0.39 is 0 Å². The first-order valence-electron chi connectivity index (χ1n) is 13.7. The molecule has 2 aromatic carbocycles. The molecule has 0 amide bonds. The first-order chi connectivity index (χ1) is 18.5. The van der Waals surface area contributed by atoms with Crippen molar-refractivity contribution in [3.05, 3.63) is 89.5 Å². The van der Waals surface area contributed by atoms with Crippen molar-refractivity contribution >= 4 is 23.7 Å². The summed E-state index contributed by atoms with van der Waals surface area (Å²) in [6.45, 7) is 8.75. The Morgan fingerprint density at radius 3 is 2.23 bits per heavy atom. The van der Waals surface area contributed by atoms with Crippen LogP contribution >= 0.6 is 0 Å². The van der Waals surface area contributed by atoms with Gasteiger partial charge in [0, 0.05) is 23.3 Å². The molecule has 0 unspecified atom stereocenters. The van der Waals surface area contributed by atoms with Crippen LogP contribution in [0.4, 0.5) is 0 Å². The van der Waals surface area contributed by atoms with Crippen molar-refractivity contribution in [3.63, 3.8) is 0 Å². The Labute approximate surface area is 229 Å². The minimum absolute atomic E-state index is 0.0235. The van der Waals surface area contributed by atoms with Crippen molar-refractivity contribution in [2.24, 2.45) is 28.6 Å². The fourth-order valence-electron chi connectivity index (χ4n) is 7.47. The van der Waals surface area contributed by atoms with Crippen molar-refractivity contribution in [1.82, 2.24) is 0 Å². The molecule has 5 nitrogen and oxygen atoms in total. The Balaban J connectivity index is 0.000000164. The Bertz CT molecular complexity index is 1390. The summed E-state index contributed by atoms with van der Waals surface area (Å²) in [4.78, 5) is 24.2. The third-order valence-electron chi connectivity index (χ3n) is 9.53. The number of phenolic OH excluding ortho intramolecular Hbond substituents is 3. The van der Waals surface area contributed by atoms with Gasteiger partial charge in [-0.3, -0.25) is 9.59 Å². The number of allylic oxidation sites excluding steroid dienone is 5. The van der Waals surface area contributed by atoms with E-state index in [2.05, 4.69) is 26.5 Å². The lowest BCUT2D eigenvalue weighted by molar-refractivity contribution is -0.131. The summed E-state index contributed by atoms with van der Waals surface area (Å²) < 4.78 is 0. The topological polar surface area (TPSA) is 94.8 Å². The Hall–Kier alpha value is -3.86. The molecule has 3 fully saturated rings. The largest absolute Gasteiger partial charge is 0.508 e. The quantitative estimate of drug-likeness (QED) is 0.368. The molecule has 0 heterocycles. The van der Waals surface area contributed by atoms with E-state index in [4.69, 9.17) is 5.11 Å². The second-order valence-corrected chi connectivity index (χ2v) is 11.9. The average Bonchev–Trinajstić information content (AvgIpc) is 3.19. The highest BCUT2D eigenvalue weighted by Gasteiger charge is 2.59. The zero-order valence-electron chi connectivity index (χ0n) is 22.6. The highest BCUT2D eigenvalue weighted by atomic mass is 16.3. The van der Waals surface area contributed by atoms with E-state index in [-0.39, 0.29) is 33.9 Å². The molecular weight excluding hydrogens is 488 g/mol. The van der Waals surface area contributed by atoms with E-state index in [0.717, 1.165) is 48.8 Å². The first-order valence-corrected chi connectivity index (χ1v) is 13.7. The van der Waals surface area contributed by atoms with Gasteiger partial charge in [0.25, 0.3) is 0 Å². The molecule has 0 bridgehead atoms. The number of fused-ring (bicyclic) bond motifs is 5. The van der Waals surface area contributed by atoms with E-state index in [1.54, 1.807) is 54.6 Å². The monoisotopic (exact) mass is 524 g/mol. The third kappa shape index (κ3) is 4.98. The summed E-state index contributed by atoms with van der Waals surface area (Å²) in [5.41, 5.74) is 3.72. The molecule has 0 saturated heterocycles. The maximum atomic E-state index is 12.4. The van der Waals surface area contributed by atoms with Crippen molar-refractivity contribution in [2.75, 3.05) is 0 Å². The Kier molecular flexibility index (Phi) is 6.88. The third-order valence-corrected chi connectivity index (χ3v) is 9.53. The average molecular weight is 525 g/mol. The van der Waals surface area contributed by atoms with Crippen LogP contribution in [0.5, 0.6) is 17.2 Å². The molecule has 0 spiro atoms. The molecule has 202 valence electrons. The number of phenols is 3. The minimum Gasteiger partial charge on any atom is -0.508 e. The predicted octanol–water partition coefficient (Wildman–Crippen LogP) is 7.00. The lowest BCUT2D eigenvalue weighted by Crippen LogP contribution is -2.50. The van der Waals surface area contributed by atoms with Gasteiger partial charge >= 0.3 is 0 Å². The molecule has 4 aliphatic carbocycles. The normalized spacial score (nSPS) is 31.2. The molecule has 6 rings (SSSR count). The summed E-state index contributed by atoms with van der Waals surface area (Å²) in [5, 5.41) is 27.7. The van der Waals surface area contributed by atoms with Crippen LogP contribution < -0.4 is 0 Å². The molecule has 0 aromatic heterocycles. The maximum Gasteiger partial charge on any atom is 0.178 e. The van der Waals surface area contributed by atoms with E-state index in [0.29, 0.717) is 29.1 Å². The van der Waals surface area contributed by atoms with Gasteiger partial charge in [0.05, 0.1) is 0 Å². The summed E-state index contributed by atoms with van der Waals surface area (Å²) in [6, 6.07) is 11.1. The second kappa shape index (κ2) is 10.0. The van der Waals surface area contributed by atoms with Crippen molar-refractivity contribution < 1.29 is 24.9 Å². The standard InChI is InChI=1S/C20H24O2.C14H12O3/c1-12-10-14-15-4-5-18(22)20(15,3)9-7-16(14)19(2)8-6-13(21)11-17(12)19;15-12-5-3-10(4-6-12)1-2-11-7-13(16)9-14(17)8-11/h6,8,11,14-16H,1,4-5,7,9-10H2,2-3H3;1-9,15-17H/b;2-1+/t14-,15-,16-,19+,20-;/m0./s1. The van der Waals surface area contributed by atoms with E-state index in [1.165, 1.54) is 6.07 Å². The highest BCUT2D eigenvalue weighted by molar-refractivity contribution is 6.02. The van der Waals surface area contributed by atoms with Gasteiger partial charge in [0.15, 0.2) is 5.78 Å². The Morgan fingerprint density at radius 2 is 1.54 bits per heavy atom. The number of carbonyl (C=O) groups excluding carboxylic acids is 2. The molecule has 3 saturated carbocycles. The van der Waals surface area contributed by atoms with Crippen LogP contribution in [0.25, 0.3) is 12.2 Å². The van der Waals surface area contributed by atoms with Crippen LogP contribution in [-0.4, -0.2) is 26.9 Å². The number of ketones is 2. The molecule has 4 aliphatic rings. The first kappa shape index (κ1) is 26.7. The summed E-state index contributed by atoms with van der Waals surface area (Å²) in [5.74, 6) is 2.41. The predicted molar refractivity (Wildman–Crippen MR) is 153 cm³/mol. The van der Waals surface area contributed by atoms with E-state index in [9.17, 15) is 19.8 Å². The number of hydrogen-bond acceptors (Lipinski definition) is 5. The lowest BCUT2D eigenvalue weighted by Gasteiger charge is -2.56. The van der Waals surface area contributed by atoms with Crippen LogP contribution in [-0.2, 0) is 9.59 Å². The van der Waals surface area contributed by atoms with Crippen LogP contribution in [0.3, 0.4) is 0 Å². The molecular formula is C34H36O5. The molecule has 5 atom stereocenters. The number of aromatic hydroxyl groups is 3. The number of carbonyl (C=O) groups is 2. The number of Topliss-reactive ketones (excluding diaryl/α,β-unsaturated/α-hetero) is 1. The molecule has 3 N–H and O–H groups in total. The van der Waals surface area contributed by atoms with Gasteiger partial charge in [0.2, 0.25) is 0 Å². The van der Waals surface area contributed by atoms with Gasteiger partial charge in [-0.2, -0.15) is 0 Å². The fourth-order valence-corrected chi connectivity index (χ4v) is 7.47. The van der Waals surface area contributed by atoms with Crippen LogP contribution in [0.2, 0.25) is 0 Å². The van der Waals surface area contributed by atoms with Gasteiger partial charge < -0.3 is 15.3 Å². The van der Waals surface area contributed by atoms with Gasteiger partial charge in [-0.05, 0) is 96.6 Å². The SMILES string of the molecule is C=C1C[C@@H]2[C@H](CC[C@]3(C)C(=O)CC[C@@H]23)[C@@]2(C)C=CC(=O)C=C12.Oc1ccc(/C=C/c2cc(O)cc(O)c2)cc1. The summed E-state index contributed by atoms with van der Waals surface area (Å²) in [7, 11) is 0. The van der Waals surface area contributed by atoms with Gasteiger partial charge in [-0.25, -0.2) is 0 Å². The smallest absolute Gasteiger partial charge is 0.178 e. The molecule has 2 aromatic rings.